The molecule has 0 aliphatic carbocycles. The Morgan fingerprint density at radius 3 is 2.75 bits per heavy atom. The summed E-state index contributed by atoms with van der Waals surface area (Å²) >= 11 is 0. The van der Waals surface area contributed by atoms with Crippen molar-refractivity contribution in [1.29, 1.82) is 0 Å². The Morgan fingerprint density at radius 1 is 1.45 bits per heavy atom. The summed E-state index contributed by atoms with van der Waals surface area (Å²) < 4.78 is 5.61. The van der Waals surface area contributed by atoms with Crippen LogP contribution in [0.3, 0.4) is 0 Å². The van der Waals surface area contributed by atoms with Crippen molar-refractivity contribution >= 4 is 11.6 Å². The van der Waals surface area contributed by atoms with E-state index in [1.807, 2.05) is 36.9 Å². The summed E-state index contributed by atoms with van der Waals surface area (Å²) in [6.45, 7) is 6.18. The minimum atomic E-state index is 0.0385. The van der Waals surface area contributed by atoms with E-state index in [2.05, 4.69) is 5.43 Å². The van der Waals surface area contributed by atoms with E-state index in [1.165, 1.54) is 0 Å². The van der Waals surface area contributed by atoms with Crippen LogP contribution in [0.25, 0.3) is 0 Å². The Bertz CT molecular complexity index is 468. The van der Waals surface area contributed by atoms with Gasteiger partial charge in [-0.25, -0.2) is 0 Å². The molecule has 5 heteroatoms. The smallest absolute Gasteiger partial charge is 0.256 e. The number of nitrogen functional groups attached to an aromatic ring is 1. The highest BCUT2D eigenvalue weighted by atomic mass is 16.5. The third kappa shape index (κ3) is 3.29. The first-order chi connectivity index (χ1) is 9.65. The molecule has 110 valence electrons. The van der Waals surface area contributed by atoms with Crippen LogP contribution in [0.1, 0.15) is 35.7 Å². The summed E-state index contributed by atoms with van der Waals surface area (Å²) in [6, 6.07) is 5.66. The number of rotatable bonds is 4. The summed E-state index contributed by atoms with van der Waals surface area (Å²) in [6.07, 6.45) is 2.08. The number of nitrogens with zero attached hydrogens (tertiary/aromatic N) is 1. The van der Waals surface area contributed by atoms with Crippen LogP contribution in [0.15, 0.2) is 18.2 Å². The molecule has 1 aliphatic rings. The summed E-state index contributed by atoms with van der Waals surface area (Å²) in [4.78, 5) is 14.5. The van der Waals surface area contributed by atoms with Crippen LogP contribution in [-0.4, -0.2) is 36.6 Å². The predicted molar refractivity (Wildman–Crippen MR) is 79.5 cm³/mol. The zero-order valence-electron chi connectivity index (χ0n) is 12.2. The van der Waals surface area contributed by atoms with Gasteiger partial charge < -0.3 is 15.1 Å². The Labute approximate surface area is 120 Å². The topological polar surface area (TPSA) is 67.6 Å². The molecule has 1 fully saturated rings. The number of aryl methyl sites for hydroxylation is 1. The number of carbonyl (C=O) groups is 1. The number of likely N-dealkylation sites (tertiary alicyclic amines) is 1. The van der Waals surface area contributed by atoms with Crippen LogP contribution in [0, 0.1) is 6.92 Å². The number of amides is 1. The molecule has 0 bridgehead atoms. The number of nitrogens with one attached hydrogen (secondary N) is 1. The maximum atomic E-state index is 12.6. The van der Waals surface area contributed by atoms with Gasteiger partial charge >= 0.3 is 0 Å². The van der Waals surface area contributed by atoms with Crippen molar-refractivity contribution < 1.29 is 9.53 Å². The maximum Gasteiger partial charge on any atom is 0.256 e. The van der Waals surface area contributed by atoms with Gasteiger partial charge in [0.1, 0.15) is 0 Å². The predicted octanol–water partition coefficient (Wildman–Crippen LogP) is 1.92. The second-order valence-corrected chi connectivity index (χ2v) is 5.14. The van der Waals surface area contributed by atoms with Gasteiger partial charge in [0.05, 0.1) is 17.4 Å². The van der Waals surface area contributed by atoms with E-state index in [9.17, 15) is 4.79 Å². The van der Waals surface area contributed by atoms with Crippen LogP contribution in [0.5, 0.6) is 0 Å². The minimum absolute atomic E-state index is 0.0385. The van der Waals surface area contributed by atoms with Crippen LogP contribution < -0.4 is 11.3 Å². The molecule has 0 radical (unpaired) electrons. The number of nitrogens with two attached hydrogens (primary N) is 1. The van der Waals surface area contributed by atoms with E-state index in [0.29, 0.717) is 11.3 Å². The van der Waals surface area contributed by atoms with Crippen LogP contribution in [0.2, 0.25) is 0 Å². The largest absolute Gasteiger partial charge is 0.378 e. The van der Waals surface area contributed by atoms with E-state index >= 15 is 0 Å². The molecule has 0 spiro atoms. The number of benzene rings is 1. The zero-order chi connectivity index (χ0) is 14.5. The van der Waals surface area contributed by atoms with Gasteiger partial charge in [-0.1, -0.05) is 11.6 Å². The molecule has 3 N–H and O–H groups in total. The Morgan fingerprint density at radius 2 is 2.15 bits per heavy atom. The molecular weight excluding hydrogens is 254 g/mol. The number of hydrazine groups is 1. The van der Waals surface area contributed by atoms with E-state index in [4.69, 9.17) is 10.6 Å². The highest BCUT2D eigenvalue weighted by molar-refractivity contribution is 5.99. The molecule has 5 nitrogen and oxygen atoms in total. The lowest BCUT2D eigenvalue weighted by molar-refractivity contribution is 0.0146. The lowest BCUT2D eigenvalue weighted by Crippen LogP contribution is -2.41. The Balaban J connectivity index is 2.07. The lowest BCUT2D eigenvalue weighted by atomic mass is 10.0. The number of ether oxygens (including phenoxy) is 1. The first-order valence-corrected chi connectivity index (χ1v) is 7.13. The molecule has 1 saturated heterocycles. The SMILES string of the molecule is CCOC1CCN(C(=O)c2cc(C)ccc2NN)CC1. The Kier molecular flexibility index (Phi) is 4.98. The van der Waals surface area contributed by atoms with Gasteiger partial charge in [0, 0.05) is 19.7 Å². The van der Waals surface area contributed by atoms with Crippen molar-refractivity contribution in [3.63, 3.8) is 0 Å². The molecule has 2 rings (SSSR count). The van der Waals surface area contributed by atoms with Gasteiger partial charge in [0.15, 0.2) is 0 Å². The molecule has 20 heavy (non-hydrogen) atoms. The number of piperidine rings is 1. The molecule has 1 aromatic carbocycles. The second kappa shape index (κ2) is 6.72. The van der Waals surface area contributed by atoms with Gasteiger partial charge in [0.25, 0.3) is 5.91 Å². The van der Waals surface area contributed by atoms with Crippen LogP contribution in [-0.2, 0) is 4.74 Å². The van der Waals surface area contributed by atoms with E-state index in [1.54, 1.807) is 0 Å². The van der Waals surface area contributed by atoms with E-state index in [-0.39, 0.29) is 12.0 Å². The van der Waals surface area contributed by atoms with Crippen molar-refractivity contribution in [1.82, 2.24) is 4.90 Å². The van der Waals surface area contributed by atoms with E-state index in [0.717, 1.165) is 38.1 Å². The van der Waals surface area contributed by atoms with E-state index < -0.39 is 0 Å². The van der Waals surface area contributed by atoms with Crippen LogP contribution in [0.4, 0.5) is 5.69 Å². The molecule has 1 aromatic rings. The molecular formula is C15H23N3O2. The van der Waals surface area contributed by atoms with Crippen molar-refractivity contribution in [2.24, 2.45) is 5.84 Å². The van der Waals surface area contributed by atoms with Gasteiger partial charge in [-0.2, -0.15) is 0 Å². The number of carbonyl (C=O) groups excluding carboxylic acids is 1. The fraction of sp³-hybridized carbons (Fsp3) is 0.533. The van der Waals surface area contributed by atoms with Crippen LogP contribution >= 0.6 is 0 Å². The third-order valence-electron chi connectivity index (χ3n) is 3.69. The average Bonchev–Trinajstić information content (AvgIpc) is 2.47. The average molecular weight is 277 g/mol. The van der Waals surface area contributed by atoms with Crippen molar-refractivity contribution in [2.75, 3.05) is 25.1 Å². The van der Waals surface area contributed by atoms with Gasteiger partial charge in [-0.05, 0) is 38.8 Å². The zero-order valence-corrected chi connectivity index (χ0v) is 12.2. The Hall–Kier alpha value is -1.59. The molecule has 1 amide bonds. The highest BCUT2D eigenvalue weighted by Gasteiger charge is 2.25. The minimum Gasteiger partial charge on any atom is -0.378 e. The standard InChI is InChI=1S/C15H23N3O2/c1-3-20-12-6-8-18(9-7-12)15(19)13-10-11(2)4-5-14(13)17-16/h4-5,10,12,17H,3,6-9,16H2,1-2H3. The fourth-order valence-corrected chi connectivity index (χ4v) is 2.59. The molecule has 0 aromatic heterocycles. The summed E-state index contributed by atoms with van der Waals surface area (Å²) in [5, 5.41) is 0. The number of hydrogen-bond donors (Lipinski definition) is 2. The normalized spacial score (nSPS) is 16.2. The first kappa shape index (κ1) is 14.8. The monoisotopic (exact) mass is 277 g/mol. The molecule has 0 saturated carbocycles. The molecule has 0 atom stereocenters. The second-order valence-electron chi connectivity index (χ2n) is 5.14. The molecule has 1 heterocycles. The quantitative estimate of drug-likeness (QED) is 0.652. The summed E-state index contributed by atoms with van der Waals surface area (Å²) in [5.41, 5.74) is 4.97. The highest BCUT2D eigenvalue weighted by Crippen LogP contribution is 2.21. The first-order valence-electron chi connectivity index (χ1n) is 7.13. The van der Waals surface area contributed by atoms with Crippen molar-refractivity contribution in [3.05, 3.63) is 29.3 Å². The van der Waals surface area contributed by atoms with Crippen molar-refractivity contribution in [2.45, 2.75) is 32.8 Å². The van der Waals surface area contributed by atoms with Gasteiger partial charge in [-0.15, -0.1) is 0 Å². The summed E-state index contributed by atoms with van der Waals surface area (Å²) in [5.74, 6) is 5.53. The number of hydrogen-bond acceptors (Lipinski definition) is 4. The third-order valence-corrected chi connectivity index (χ3v) is 3.69. The molecule has 0 unspecified atom stereocenters. The van der Waals surface area contributed by atoms with Crippen molar-refractivity contribution in [3.8, 4) is 0 Å². The summed E-state index contributed by atoms with van der Waals surface area (Å²) in [7, 11) is 0. The molecule has 1 aliphatic heterocycles. The number of anilines is 1. The van der Waals surface area contributed by atoms with Gasteiger partial charge in [-0.3, -0.25) is 10.6 Å². The maximum absolute atomic E-state index is 12.6. The lowest BCUT2D eigenvalue weighted by Gasteiger charge is -2.32. The van der Waals surface area contributed by atoms with Gasteiger partial charge in [0.2, 0.25) is 0 Å². The fourth-order valence-electron chi connectivity index (χ4n) is 2.59.